The molecule has 1 aromatic rings. The highest BCUT2D eigenvalue weighted by Crippen LogP contribution is 2.35. The van der Waals surface area contributed by atoms with Crippen molar-refractivity contribution >= 4 is 37.5 Å². The Morgan fingerprint density at radius 2 is 1.72 bits per heavy atom. The molecule has 0 fully saturated rings. The fourth-order valence-corrected chi connectivity index (χ4v) is 3.27. The van der Waals surface area contributed by atoms with Gasteiger partial charge >= 0.3 is 0 Å². The van der Waals surface area contributed by atoms with Gasteiger partial charge in [0.15, 0.2) is 0 Å². The molecule has 18 heavy (non-hydrogen) atoms. The van der Waals surface area contributed by atoms with Gasteiger partial charge in [0, 0.05) is 16.6 Å². The first kappa shape index (κ1) is 15.8. The van der Waals surface area contributed by atoms with Crippen LogP contribution >= 0.6 is 31.9 Å². The maximum absolute atomic E-state index is 5.33. The van der Waals surface area contributed by atoms with Crippen LogP contribution in [0.15, 0.2) is 21.1 Å². The quantitative estimate of drug-likeness (QED) is 0.666. The number of halogens is 2. The molecule has 0 saturated heterocycles. The van der Waals surface area contributed by atoms with E-state index in [4.69, 9.17) is 4.74 Å². The Balaban J connectivity index is 2.87. The van der Waals surface area contributed by atoms with Crippen molar-refractivity contribution in [2.45, 2.75) is 45.6 Å². The van der Waals surface area contributed by atoms with Crippen LogP contribution in [0.2, 0.25) is 0 Å². The van der Waals surface area contributed by atoms with E-state index >= 15 is 0 Å². The van der Waals surface area contributed by atoms with E-state index in [9.17, 15) is 0 Å². The van der Waals surface area contributed by atoms with Gasteiger partial charge in [0.05, 0.1) is 17.3 Å². The number of ether oxygens (including phenoxy) is 1. The van der Waals surface area contributed by atoms with Crippen LogP contribution in [0.1, 0.15) is 39.5 Å². The summed E-state index contributed by atoms with van der Waals surface area (Å²) in [6.07, 6.45) is 4.78. The molecule has 2 nitrogen and oxygen atoms in total. The Bertz CT molecular complexity index is 376. The fourth-order valence-electron chi connectivity index (χ4n) is 2.00. The topological polar surface area (TPSA) is 21.3 Å². The molecule has 1 aromatic carbocycles. The zero-order valence-electron chi connectivity index (χ0n) is 11.2. The molecule has 0 aliphatic carbocycles. The standard InChI is InChI=1S/C14H21Br2NO/c1-4-6-10(7-5-2)17-13-9-14(18-3)12(16)8-11(13)15/h8-10,17H,4-7H2,1-3H3. The molecule has 0 atom stereocenters. The van der Waals surface area contributed by atoms with Gasteiger partial charge < -0.3 is 10.1 Å². The van der Waals surface area contributed by atoms with Gasteiger partial charge in [0.25, 0.3) is 0 Å². The Kier molecular flexibility index (Phi) is 7.08. The molecular formula is C14H21Br2NO. The summed E-state index contributed by atoms with van der Waals surface area (Å²) in [7, 11) is 1.69. The van der Waals surface area contributed by atoms with Crippen molar-refractivity contribution in [2.24, 2.45) is 0 Å². The van der Waals surface area contributed by atoms with Crippen LogP contribution in [-0.4, -0.2) is 13.2 Å². The van der Waals surface area contributed by atoms with Gasteiger partial charge in [-0.1, -0.05) is 26.7 Å². The van der Waals surface area contributed by atoms with E-state index in [0.29, 0.717) is 6.04 Å². The van der Waals surface area contributed by atoms with Crippen LogP contribution in [0.4, 0.5) is 5.69 Å². The molecule has 0 unspecified atom stereocenters. The van der Waals surface area contributed by atoms with Gasteiger partial charge in [-0.2, -0.15) is 0 Å². The van der Waals surface area contributed by atoms with Crippen LogP contribution in [0.5, 0.6) is 5.75 Å². The van der Waals surface area contributed by atoms with Crippen LogP contribution in [0.25, 0.3) is 0 Å². The molecule has 0 heterocycles. The molecule has 102 valence electrons. The first-order valence-electron chi connectivity index (χ1n) is 6.41. The Morgan fingerprint density at radius 1 is 1.11 bits per heavy atom. The lowest BCUT2D eigenvalue weighted by Gasteiger charge is -2.20. The number of methoxy groups -OCH3 is 1. The molecule has 0 bridgehead atoms. The summed E-state index contributed by atoms with van der Waals surface area (Å²) < 4.78 is 7.36. The summed E-state index contributed by atoms with van der Waals surface area (Å²) in [6, 6.07) is 4.59. The van der Waals surface area contributed by atoms with E-state index in [1.807, 2.05) is 12.1 Å². The average molecular weight is 379 g/mol. The van der Waals surface area contributed by atoms with Crippen molar-refractivity contribution in [3.63, 3.8) is 0 Å². The number of hydrogen-bond donors (Lipinski definition) is 1. The summed E-state index contributed by atoms with van der Waals surface area (Å²) in [4.78, 5) is 0. The number of rotatable bonds is 7. The summed E-state index contributed by atoms with van der Waals surface area (Å²) in [5, 5.41) is 3.60. The highest BCUT2D eigenvalue weighted by molar-refractivity contribution is 9.11. The third-order valence-corrected chi connectivity index (χ3v) is 4.15. The van der Waals surface area contributed by atoms with Crippen molar-refractivity contribution in [3.05, 3.63) is 21.1 Å². The van der Waals surface area contributed by atoms with Gasteiger partial charge in [0.2, 0.25) is 0 Å². The molecule has 1 rings (SSSR count). The monoisotopic (exact) mass is 377 g/mol. The van der Waals surface area contributed by atoms with Crippen molar-refractivity contribution in [3.8, 4) is 5.75 Å². The molecule has 0 radical (unpaired) electrons. The molecule has 0 saturated carbocycles. The first-order chi connectivity index (χ1) is 8.62. The van der Waals surface area contributed by atoms with E-state index in [0.717, 1.165) is 20.4 Å². The van der Waals surface area contributed by atoms with Crippen LogP contribution < -0.4 is 10.1 Å². The van der Waals surface area contributed by atoms with E-state index < -0.39 is 0 Å². The largest absolute Gasteiger partial charge is 0.495 e. The molecule has 0 spiro atoms. The van der Waals surface area contributed by atoms with Gasteiger partial charge in [-0.3, -0.25) is 0 Å². The first-order valence-corrected chi connectivity index (χ1v) is 8.00. The van der Waals surface area contributed by atoms with E-state index in [-0.39, 0.29) is 0 Å². The van der Waals surface area contributed by atoms with Crippen molar-refractivity contribution < 1.29 is 4.74 Å². The van der Waals surface area contributed by atoms with Crippen molar-refractivity contribution in [1.29, 1.82) is 0 Å². The minimum atomic E-state index is 0.530. The molecule has 0 aliphatic heterocycles. The summed E-state index contributed by atoms with van der Waals surface area (Å²) in [6.45, 7) is 4.45. The Labute approximate surface area is 127 Å². The summed E-state index contributed by atoms with van der Waals surface area (Å²) >= 11 is 7.08. The second-order valence-electron chi connectivity index (χ2n) is 4.39. The number of benzene rings is 1. The molecule has 4 heteroatoms. The summed E-state index contributed by atoms with van der Waals surface area (Å²) in [5.74, 6) is 0.854. The minimum Gasteiger partial charge on any atom is -0.495 e. The lowest BCUT2D eigenvalue weighted by Crippen LogP contribution is -2.19. The molecule has 0 amide bonds. The van der Waals surface area contributed by atoms with Crippen molar-refractivity contribution in [2.75, 3.05) is 12.4 Å². The minimum absolute atomic E-state index is 0.530. The highest BCUT2D eigenvalue weighted by Gasteiger charge is 2.11. The Hall–Kier alpha value is -0.220. The van der Waals surface area contributed by atoms with Gasteiger partial charge in [-0.15, -0.1) is 0 Å². The van der Waals surface area contributed by atoms with Crippen LogP contribution in [0, 0.1) is 0 Å². The molecule has 1 N–H and O–H groups in total. The maximum Gasteiger partial charge on any atom is 0.135 e. The lowest BCUT2D eigenvalue weighted by atomic mass is 10.1. The smallest absolute Gasteiger partial charge is 0.135 e. The van der Waals surface area contributed by atoms with E-state index in [1.165, 1.54) is 25.7 Å². The second-order valence-corrected chi connectivity index (χ2v) is 6.09. The zero-order valence-corrected chi connectivity index (χ0v) is 14.4. The van der Waals surface area contributed by atoms with E-state index in [2.05, 4.69) is 51.0 Å². The number of nitrogens with one attached hydrogen (secondary N) is 1. The number of hydrogen-bond acceptors (Lipinski definition) is 2. The SMILES string of the molecule is CCCC(CCC)Nc1cc(OC)c(Br)cc1Br. The van der Waals surface area contributed by atoms with Gasteiger partial charge in [-0.05, 0) is 50.8 Å². The highest BCUT2D eigenvalue weighted by atomic mass is 79.9. The third kappa shape index (κ3) is 4.47. The Morgan fingerprint density at radius 3 is 2.22 bits per heavy atom. The summed E-state index contributed by atoms with van der Waals surface area (Å²) in [5.41, 5.74) is 1.10. The molecule has 0 aliphatic rings. The van der Waals surface area contributed by atoms with Crippen LogP contribution in [-0.2, 0) is 0 Å². The normalized spacial score (nSPS) is 10.8. The fraction of sp³-hybridized carbons (Fsp3) is 0.571. The van der Waals surface area contributed by atoms with Crippen LogP contribution in [0.3, 0.4) is 0 Å². The average Bonchev–Trinajstić information content (AvgIpc) is 2.33. The maximum atomic E-state index is 5.33. The second kappa shape index (κ2) is 8.05. The van der Waals surface area contributed by atoms with Crippen molar-refractivity contribution in [1.82, 2.24) is 0 Å². The molecular weight excluding hydrogens is 358 g/mol. The van der Waals surface area contributed by atoms with Gasteiger partial charge in [0.1, 0.15) is 5.75 Å². The van der Waals surface area contributed by atoms with E-state index in [1.54, 1.807) is 7.11 Å². The third-order valence-electron chi connectivity index (χ3n) is 2.88. The predicted molar refractivity (Wildman–Crippen MR) is 85.6 cm³/mol. The lowest BCUT2D eigenvalue weighted by molar-refractivity contribution is 0.412. The predicted octanol–water partition coefficient (Wildman–Crippen LogP) is 5.60. The zero-order chi connectivity index (χ0) is 13.5. The van der Waals surface area contributed by atoms with Gasteiger partial charge in [-0.25, -0.2) is 0 Å². The number of anilines is 1. The molecule has 0 aromatic heterocycles.